The van der Waals surface area contributed by atoms with E-state index in [-0.39, 0.29) is 16.6 Å². The van der Waals surface area contributed by atoms with E-state index in [1.54, 1.807) is 6.92 Å². The molecule has 7 atom stereocenters. The van der Waals surface area contributed by atoms with Crippen LogP contribution in [0, 0.1) is 52.3 Å². The summed E-state index contributed by atoms with van der Waals surface area (Å²) in [5.74, 6) is 5.80. The lowest BCUT2D eigenvalue weighted by molar-refractivity contribution is -0.137. The maximum atomic E-state index is 12.6. The third-order valence-corrected chi connectivity index (χ3v) is 9.08. The molecule has 0 radical (unpaired) electrons. The molecule has 0 aromatic carbocycles. The zero-order chi connectivity index (χ0) is 18.0. The summed E-state index contributed by atoms with van der Waals surface area (Å²) in [5, 5.41) is 0. The van der Waals surface area contributed by atoms with Gasteiger partial charge in [-0.15, -0.1) is 6.42 Å². The highest BCUT2D eigenvalue weighted by Gasteiger charge is 2.65. The highest BCUT2D eigenvalue weighted by Crippen LogP contribution is 2.69. The summed E-state index contributed by atoms with van der Waals surface area (Å²) in [4.78, 5) is 24.5. The molecule has 0 aromatic heterocycles. The molecular weight excluding hydrogens is 308 g/mol. The van der Waals surface area contributed by atoms with Crippen LogP contribution in [0.5, 0.6) is 0 Å². The van der Waals surface area contributed by atoms with Gasteiger partial charge in [0.15, 0.2) is 5.78 Å². The molecular formula is C23H30O2. The van der Waals surface area contributed by atoms with Gasteiger partial charge in [0.1, 0.15) is 5.78 Å². The molecule has 0 saturated heterocycles. The number of ketones is 2. The lowest BCUT2D eigenvalue weighted by Gasteiger charge is -2.59. The Morgan fingerprint density at radius 1 is 1.16 bits per heavy atom. The largest absolute Gasteiger partial charge is 0.298 e. The standard InChI is InChI=1S/C23H30O2/c1-5-23(15(2)24)13-10-20-18-7-6-16-14-17(25)8-11-21(16,3)19(18)9-12-22(20,23)4/h1,8,11,16,18-20H,6-7,9-10,12-14H2,2-4H3/t16?,18-,19+,20+,21+,22+,23-/m1/s1. The second kappa shape index (κ2) is 5.32. The molecule has 3 fully saturated rings. The van der Waals surface area contributed by atoms with Crippen LogP contribution < -0.4 is 0 Å². The highest BCUT2D eigenvalue weighted by atomic mass is 16.1. The SMILES string of the molecule is C#C[C@]1(C(C)=O)CC[C@H]2[C@@H]3CCC4CC(=O)C=C[C@]4(C)[C@H]3CC[C@@]21C. The van der Waals surface area contributed by atoms with Crippen LogP contribution in [-0.4, -0.2) is 11.6 Å². The number of carbonyl (C=O) groups is 2. The van der Waals surface area contributed by atoms with Crippen molar-refractivity contribution in [2.75, 3.05) is 0 Å². The average molecular weight is 338 g/mol. The molecule has 0 aliphatic heterocycles. The summed E-state index contributed by atoms with van der Waals surface area (Å²) in [7, 11) is 0. The monoisotopic (exact) mass is 338 g/mol. The Hall–Kier alpha value is -1.36. The highest BCUT2D eigenvalue weighted by molar-refractivity contribution is 5.91. The zero-order valence-corrected chi connectivity index (χ0v) is 15.8. The van der Waals surface area contributed by atoms with E-state index in [1.165, 1.54) is 6.42 Å². The molecule has 4 aliphatic rings. The Labute approximate surface area is 151 Å². The van der Waals surface area contributed by atoms with Crippen LogP contribution >= 0.6 is 0 Å². The fraction of sp³-hybridized carbons (Fsp3) is 0.739. The molecule has 3 saturated carbocycles. The van der Waals surface area contributed by atoms with Crippen molar-refractivity contribution in [3.8, 4) is 12.3 Å². The first-order chi connectivity index (χ1) is 11.8. The molecule has 4 aliphatic carbocycles. The van der Waals surface area contributed by atoms with Gasteiger partial charge in [0.25, 0.3) is 0 Å². The summed E-state index contributed by atoms with van der Waals surface area (Å²) in [5.41, 5.74) is -0.458. The van der Waals surface area contributed by atoms with Crippen molar-refractivity contribution < 1.29 is 9.59 Å². The smallest absolute Gasteiger partial charge is 0.155 e. The van der Waals surface area contributed by atoms with Gasteiger partial charge >= 0.3 is 0 Å². The van der Waals surface area contributed by atoms with E-state index in [0.29, 0.717) is 29.5 Å². The Kier molecular flexibility index (Phi) is 3.63. The van der Waals surface area contributed by atoms with Crippen molar-refractivity contribution in [1.29, 1.82) is 0 Å². The van der Waals surface area contributed by atoms with E-state index in [9.17, 15) is 9.59 Å². The number of Topliss-reactive ketones (excluding diaryl/α,β-unsaturated/α-hetero) is 1. The first-order valence-electron chi connectivity index (χ1n) is 9.99. The predicted molar refractivity (Wildman–Crippen MR) is 98.6 cm³/mol. The Morgan fingerprint density at radius 2 is 1.88 bits per heavy atom. The number of carbonyl (C=O) groups excluding carboxylic acids is 2. The molecule has 25 heavy (non-hydrogen) atoms. The van der Waals surface area contributed by atoms with Crippen LogP contribution in [-0.2, 0) is 9.59 Å². The molecule has 1 unspecified atom stereocenters. The third-order valence-electron chi connectivity index (χ3n) is 9.08. The van der Waals surface area contributed by atoms with Crippen molar-refractivity contribution in [2.24, 2.45) is 39.9 Å². The van der Waals surface area contributed by atoms with E-state index in [4.69, 9.17) is 6.42 Å². The van der Waals surface area contributed by atoms with Crippen molar-refractivity contribution in [3.05, 3.63) is 12.2 Å². The third kappa shape index (κ3) is 1.99. The van der Waals surface area contributed by atoms with Crippen molar-refractivity contribution in [1.82, 2.24) is 0 Å². The van der Waals surface area contributed by atoms with E-state index in [2.05, 4.69) is 25.8 Å². The zero-order valence-electron chi connectivity index (χ0n) is 15.8. The first kappa shape index (κ1) is 17.1. The molecule has 0 aromatic rings. The number of rotatable bonds is 1. The number of terminal acetylenes is 1. The van der Waals surface area contributed by atoms with E-state index < -0.39 is 5.41 Å². The van der Waals surface area contributed by atoms with Gasteiger partial charge in [-0.05, 0) is 86.0 Å². The van der Waals surface area contributed by atoms with Crippen LogP contribution in [0.1, 0.15) is 65.7 Å². The minimum Gasteiger partial charge on any atom is -0.298 e. The van der Waals surface area contributed by atoms with Crippen LogP contribution in [0.2, 0.25) is 0 Å². The molecule has 134 valence electrons. The molecule has 0 heterocycles. The van der Waals surface area contributed by atoms with Gasteiger partial charge in [0.2, 0.25) is 0 Å². The van der Waals surface area contributed by atoms with Crippen molar-refractivity contribution >= 4 is 11.6 Å². The summed E-state index contributed by atoms with van der Waals surface area (Å²) in [6, 6.07) is 0. The number of hydrogen-bond donors (Lipinski definition) is 0. The van der Waals surface area contributed by atoms with Crippen LogP contribution in [0.15, 0.2) is 12.2 Å². The van der Waals surface area contributed by atoms with Gasteiger partial charge in [-0.2, -0.15) is 0 Å². The second-order valence-corrected chi connectivity index (χ2v) is 9.62. The van der Waals surface area contributed by atoms with Gasteiger partial charge in [-0.3, -0.25) is 9.59 Å². The van der Waals surface area contributed by atoms with E-state index in [0.717, 1.165) is 38.5 Å². The molecule has 4 rings (SSSR count). The summed E-state index contributed by atoms with van der Waals surface area (Å²) < 4.78 is 0. The number of hydrogen-bond acceptors (Lipinski definition) is 2. The van der Waals surface area contributed by atoms with Crippen LogP contribution in [0.25, 0.3) is 0 Å². The fourth-order valence-electron chi connectivity index (χ4n) is 7.59. The van der Waals surface area contributed by atoms with Crippen molar-refractivity contribution in [3.63, 3.8) is 0 Å². The molecule has 2 heteroatoms. The lowest BCUT2D eigenvalue weighted by atomic mass is 9.44. The van der Waals surface area contributed by atoms with Gasteiger partial charge in [0.05, 0.1) is 5.41 Å². The number of allylic oxidation sites excluding steroid dienone is 2. The first-order valence-corrected chi connectivity index (χ1v) is 9.99. The van der Waals surface area contributed by atoms with Gasteiger partial charge in [-0.1, -0.05) is 25.8 Å². The summed E-state index contributed by atoms with van der Waals surface area (Å²) >= 11 is 0. The molecule has 0 spiro atoms. The molecule has 2 nitrogen and oxygen atoms in total. The number of fused-ring (bicyclic) bond motifs is 5. The Morgan fingerprint density at radius 3 is 2.56 bits per heavy atom. The van der Waals surface area contributed by atoms with Crippen LogP contribution in [0.3, 0.4) is 0 Å². The quantitative estimate of drug-likeness (QED) is 0.656. The second-order valence-electron chi connectivity index (χ2n) is 9.62. The fourth-order valence-corrected chi connectivity index (χ4v) is 7.59. The van der Waals surface area contributed by atoms with Crippen LogP contribution in [0.4, 0.5) is 0 Å². The molecule has 0 bridgehead atoms. The minimum absolute atomic E-state index is 0.0495. The normalized spacial score (nSPS) is 51.2. The Balaban J connectivity index is 1.72. The van der Waals surface area contributed by atoms with E-state index >= 15 is 0 Å². The average Bonchev–Trinajstić information content (AvgIpc) is 2.89. The lowest BCUT2D eigenvalue weighted by Crippen LogP contribution is -2.55. The maximum Gasteiger partial charge on any atom is 0.155 e. The molecule has 0 amide bonds. The van der Waals surface area contributed by atoms with Gasteiger partial charge < -0.3 is 0 Å². The predicted octanol–water partition coefficient (Wildman–Crippen LogP) is 4.58. The van der Waals surface area contributed by atoms with E-state index in [1.807, 2.05) is 6.08 Å². The maximum absolute atomic E-state index is 12.6. The van der Waals surface area contributed by atoms with Gasteiger partial charge in [0, 0.05) is 6.42 Å². The van der Waals surface area contributed by atoms with Crippen molar-refractivity contribution in [2.45, 2.75) is 65.7 Å². The Bertz CT molecular complexity index is 697. The molecule has 0 N–H and O–H groups in total. The topological polar surface area (TPSA) is 34.1 Å². The summed E-state index contributed by atoms with van der Waals surface area (Å²) in [6.45, 7) is 6.39. The minimum atomic E-state index is -0.557. The summed E-state index contributed by atoms with van der Waals surface area (Å²) in [6.07, 6.45) is 17.2. The van der Waals surface area contributed by atoms with Gasteiger partial charge in [-0.25, -0.2) is 0 Å².